The molecule has 1 aromatic rings. The van der Waals surface area contributed by atoms with Crippen molar-refractivity contribution in [3.8, 4) is 6.07 Å². The van der Waals surface area contributed by atoms with E-state index in [4.69, 9.17) is 5.11 Å². The zero-order valence-corrected chi connectivity index (χ0v) is 13.0. The van der Waals surface area contributed by atoms with Crippen molar-refractivity contribution in [3.63, 3.8) is 0 Å². The summed E-state index contributed by atoms with van der Waals surface area (Å²) in [6, 6.07) is 12.0. The number of carboxylic acids is 1. The van der Waals surface area contributed by atoms with E-state index < -0.39 is 11.4 Å². The third kappa shape index (κ3) is 5.03. The fraction of sp³-hybridized carbons (Fsp3) is 0.294. The van der Waals surface area contributed by atoms with Crippen LogP contribution in [-0.4, -0.2) is 29.1 Å². The molecule has 1 aromatic carbocycles. The number of aliphatic carboxylic acids is 1. The second kappa shape index (κ2) is 8.38. The van der Waals surface area contributed by atoms with Crippen molar-refractivity contribution in [2.24, 2.45) is 5.41 Å². The van der Waals surface area contributed by atoms with Crippen molar-refractivity contribution < 1.29 is 9.90 Å². The first kappa shape index (κ1) is 18.0. The van der Waals surface area contributed by atoms with Gasteiger partial charge in [-0.2, -0.15) is 5.26 Å². The van der Waals surface area contributed by atoms with E-state index in [1.54, 1.807) is 0 Å². The van der Waals surface area contributed by atoms with Gasteiger partial charge in [0.05, 0.1) is 18.0 Å². The predicted octanol–water partition coefficient (Wildman–Crippen LogP) is 3.02. The number of benzene rings is 1. The summed E-state index contributed by atoms with van der Waals surface area (Å²) in [6.45, 7) is 0.857. The molecular formula is C17H19ClN2O2. The lowest BCUT2D eigenvalue weighted by Gasteiger charge is -2.30. The number of carbonyl (C=O) groups is 1. The van der Waals surface area contributed by atoms with Gasteiger partial charge in [0.25, 0.3) is 0 Å². The summed E-state index contributed by atoms with van der Waals surface area (Å²) in [6.07, 6.45) is 8.20. The number of nitriles is 1. The minimum atomic E-state index is -0.880. The standard InChI is InChI=1S/C17H18N2O2.ClH/c18-13-17(9-5-2-6-10-17)14-19(12-16(20)21)11-15-7-3-1-4-8-15;/h1-9H,10-12,14H2,(H,20,21);1H. The molecule has 0 bridgehead atoms. The minimum absolute atomic E-state index is 0. The number of nitrogens with zero attached hydrogens (tertiary/aromatic N) is 2. The summed E-state index contributed by atoms with van der Waals surface area (Å²) in [5, 5.41) is 18.6. The predicted molar refractivity (Wildman–Crippen MR) is 87.5 cm³/mol. The van der Waals surface area contributed by atoms with Gasteiger partial charge in [-0.05, 0) is 12.0 Å². The zero-order valence-electron chi connectivity index (χ0n) is 12.2. The number of halogens is 1. The van der Waals surface area contributed by atoms with E-state index in [9.17, 15) is 10.1 Å². The van der Waals surface area contributed by atoms with Crippen LogP contribution < -0.4 is 0 Å². The molecule has 2 rings (SSSR count). The number of hydrogen-bond donors (Lipinski definition) is 1. The molecule has 5 heteroatoms. The molecule has 116 valence electrons. The van der Waals surface area contributed by atoms with Gasteiger partial charge in [0.2, 0.25) is 0 Å². The average Bonchev–Trinajstić information content (AvgIpc) is 2.48. The van der Waals surface area contributed by atoms with Gasteiger partial charge in [-0.1, -0.05) is 54.6 Å². The van der Waals surface area contributed by atoms with E-state index >= 15 is 0 Å². The maximum absolute atomic E-state index is 11.1. The average molecular weight is 319 g/mol. The molecule has 1 unspecified atom stereocenters. The van der Waals surface area contributed by atoms with Crippen LogP contribution in [0.3, 0.4) is 0 Å². The smallest absolute Gasteiger partial charge is 0.317 e. The molecule has 0 spiro atoms. The summed E-state index contributed by atoms with van der Waals surface area (Å²) in [5.41, 5.74) is 0.404. The molecule has 22 heavy (non-hydrogen) atoms. The lowest BCUT2D eigenvalue weighted by atomic mass is 9.82. The highest BCUT2D eigenvalue weighted by Gasteiger charge is 2.30. The molecule has 1 aliphatic rings. The first-order chi connectivity index (χ1) is 10.1. The number of rotatable bonds is 6. The van der Waals surface area contributed by atoms with Gasteiger partial charge in [-0.15, -0.1) is 12.4 Å². The molecule has 4 nitrogen and oxygen atoms in total. The largest absolute Gasteiger partial charge is 0.480 e. The lowest BCUT2D eigenvalue weighted by Crippen LogP contribution is -2.38. The second-order valence-corrected chi connectivity index (χ2v) is 5.28. The van der Waals surface area contributed by atoms with E-state index in [-0.39, 0.29) is 19.0 Å². The van der Waals surface area contributed by atoms with E-state index in [1.807, 2.05) is 59.5 Å². The first-order valence-electron chi connectivity index (χ1n) is 6.87. The van der Waals surface area contributed by atoms with Crippen molar-refractivity contribution in [3.05, 3.63) is 60.2 Å². The monoisotopic (exact) mass is 318 g/mol. The van der Waals surface area contributed by atoms with Crippen molar-refractivity contribution >= 4 is 18.4 Å². The normalized spacial score (nSPS) is 19.5. The van der Waals surface area contributed by atoms with Gasteiger partial charge < -0.3 is 5.11 Å². The Morgan fingerprint density at radius 1 is 1.32 bits per heavy atom. The van der Waals surface area contributed by atoms with Gasteiger partial charge in [0.1, 0.15) is 0 Å². The molecule has 1 aliphatic carbocycles. The molecule has 0 saturated heterocycles. The molecular weight excluding hydrogens is 300 g/mol. The molecule has 0 amide bonds. The van der Waals surface area contributed by atoms with E-state index in [0.717, 1.165) is 5.56 Å². The molecule has 0 aromatic heterocycles. The first-order valence-corrected chi connectivity index (χ1v) is 6.87. The van der Waals surface area contributed by atoms with Crippen LogP contribution in [0.25, 0.3) is 0 Å². The summed E-state index contributed by atoms with van der Waals surface area (Å²) in [4.78, 5) is 12.9. The third-order valence-electron chi connectivity index (χ3n) is 3.48. The van der Waals surface area contributed by atoms with Crippen molar-refractivity contribution in [1.29, 1.82) is 5.26 Å². The van der Waals surface area contributed by atoms with Crippen LogP contribution >= 0.6 is 12.4 Å². The summed E-state index contributed by atoms with van der Waals surface area (Å²) in [7, 11) is 0. The van der Waals surface area contributed by atoms with Crippen molar-refractivity contribution in [1.82, 2.24) is 4.90 Å². The van der Waals surface area contributed by atoms with Crippen LogP contribution in [0.15, 0.2) is 54.6 Å². The SMILES string of the molecule is Cl.N#CC1(CN(CC(=O)O)Cc2ccccc2)C=CC=CC1. The van der Waals surface area contributed by atoms with Crippen molar-refractivity contribution in [2.75, 3.05) is 13.1 Å². The maximum Gasteiger partial charge on any atom is 0.317 e. The Kier molecular flexibility index (Phi) is 6.84. The minimum Gasteiger partial charge on any atom is -0.480 e. The fourth-order valence-corrected chi connectivity index (χ4v) is 2.50. The number of allylic oxidation sites excluding steroid dienone is 3. The molecule has 1 N–H and O–H groups in total. The lowest BCUT2D eigenvalue weighted by molar-refractivity contribution is -0.138. The molecule has 0 fully saturated rings. The van der Waals surface area contributed by atoms with Gasteiger partial charge >= 0.3 is 5.97 Å². The summed E-state index contributed by atoms with van der Waals surface area (Å²) in [5.74, 6) is -0.880. The van der Waals surface area contributed by atoms with Crippen LogP contribution in [0.1, 0.15) is 12.0 Å². The highest BCUT2D eigenvalue weighted by atomic mass is 35.5. The Labute approximate surface area is 136 Å². The van der Waals surface area contributed by atoms with Crippen molar-refractivity contribution in [2.45, 2.75) is 13.0 Å². The second-order valence-electron chi connectivity index (χ2n) is 5.28. The Hall–Kier alpha value is -2.09. The van der Waals surface area contributed by atoms with E-state index in [1.165, 1.54) is 0 Å². The molecule has 0 saturated carbocycles. The maximum atomic E-state index is 11.1. The fourth-order valence-electron chi connectivity index (χ4n) is 2.50. The Balaban J connectivity index is 0.00000242. The zero-order chi connectivity index (χ0) is 15.1. The molecule has 0 radical (unpaired) electrons. The highest BCUT2D eigenvalue weighted by molar-refractivity contribution is 5.85. The van der Waals surface area contributed by atoms with Gasteiger partial charge in [0.15, 0.2) is 0 Å². The third-order valence-corrected chi connectivity index (χ3v) is 3.48. The van der Waals surface area contributed by atoms with Crippen LogP contribution in [0, 0.1) is 16.7 Å². The molecule has 0 heterocycles. The van der Waals surface area contributed by atoms with Gasteiger partial charge in [-0.3, -0.25) is 9.69 Å². The van der Waals surface area contributed by atoms with Crippen LogP contribution in [-0.2, 0) is 11.3 Å². The summed E-state index contributed by atoms with van der Waals surface area (Å²) >= 11 is 0. The Morgan fingerprint density at radius 3 is 2.59 bits per heavy atom. The number of hydrogen-bond acceptors (Lipinski definition) is 3. The Bertz CT molecular complexity index is 592. The van der Waals surface area contributed by atoms with Gasteiger partial charge in [-0.25, -0.2) is 0 Å². The van der Waals surface area contributed by atoms with Crippen LogP contribution in [0.4, 0.5) is 0 Å². The molecule has 0 aliphatic heterocycles. The highest BCUT2D eigenvalue weighted by Crippen LogP contribution is 2.28. The quantitative estimate of drug-likeness (QED) is 0.875. The van der Waals surface area contributed by atoms with E-state index in [2.05, 4.69) is 6.07 Å². The van der Waals surface area contributed by atoms with Crippen LogP contribution in [0.5, 0.6) is 0 Å². The summed E-state index contributed by atoms with van der Waals surface area (Å²) < 4.78 is 0. The Morgan fingerprint density at radius 2 is 2.05 bits per heavy atom. The van der Waals surface area contributed by atoms with Gasteiger partial charge in [0, 0.05) is 13.1 Å². The van der Waals surface area contributed by atoms with E-state index in [0.29, 0.717) is 19.5 Å². The molecule has 1 atom stereocenters. The number of carboxylic acid groups (broad SMARTS) is 1. The van der Waals surface area contributed by atoms with Crippen LogP contribution in [0.2, 0.25) is 0 Å². The topological polar surface area (TPSA) is 64.3 Å².